The number of likely N-dealkylation sites (N-methyl/N-ethyl adjacent to an activating group) is 1. The molecule has 2 rings (SSSR count). The maximum Gasteiger partial charge on any atom is 0.303 e. The van der Waals surface area contributed by atoms with Crippen molar-refractivity contribution in [2.45, 2.75) is 32.2 Å². The standard InChI is InChI=1S/C14H18N2O3/c1-8-5-9-7-12(17)16(2)14(9)10(6-8)11(15)3-4-13(18)19/h5-6,11H,3-4,7,15H2,1-2H3,(H,18,19). The van der Waals surface area contributed by atoms with E-state index in [-0.39, 0.29) is 18.4 Å². The van der Waals surface area contributed by atoms with Gasteiger partial charge in [0.05, 0.1) is 12.1 Å². The van der Waals surface area contributed by atoms with Gasteiger partial charge in [0.1, 0.15) is 0 Å². The van der Waals surface area contributed by atoms with Gasteiger partial charge in [-0.25, -0.2) is 0 Å². The molecular weight excluding hydrogens is 244 g/mol. The Morgan fingerprint density at radius 1 is 1.53 bits per heavy atom. The van der Waals surface area contributed by atoms with E-state index >= 15 is 0 Å². The molecule has 1 atom stereocenters. The lowest BCUT2D eigenvalue weighted by atomic mass is 9.96. The normalized spacial score (nSPS) is 15.5. The summed E-state index contributed by atoms with van der Waals surface area (Å²) in [5.41, 5.74) is 9.84. The summed E-state index contributed by atoms with van der Waals surface area (Å²) < 4.78 is 0. The summed E-state index contributed by atoms with van der Waals surface area (Å²) in [7, 11) is 1.73. The maximum atomic E-state index is 11.8. The molecule has 5 nitrogen and oxygen atoms in total. The molecule has 5 heteroatoms. The topological polar surface area (TPSA) is 83.6 Å². The molecule has 102 valence electrons. The van der Waals surface area contributed by atoms with E-state index in [4.69, 9.17) is 10.8 Å². The van der Waals surface area contributed by atoms with Crippen LogP contribution < -0.4 is 10.6 Å². The highest BCUT2D eigenvalue weighted by atomic mass is 16.4. The average Bonchev–Trinajstić information content (AvgIpc) is 2.61. The van der Waals surface area contributed by atoms with Crippen molar-refractivity contribution in [1.29, 1.82) is 0 Å². The molecule has 1 aromatic carbocycles. The van der Waals surface area contributed by atoms with Gasteiger partial charge in [-0.1, -0.05) is 17.7 Å². The van der Waals surface area contributed by atoms with Gasteiger partial charge in [-0.15, -0.1) is 0 Å². The number of aliphatic carboxylic acids is 1. The van der Waals surface area contributed by atoms with Crippen molar-refractivity contribution in [2.75, 3.05) is 11.9 Å². The van der Waals surface area contributed by atoms with E-state index in [0.29, 0.717) is 12.8 Å². The molecule has 3 N–H and O–H groups in total. The summed E-state index contributed by atoms with van der Waals surface area (Å²) in [5.74, 6) is -0.809. The molecule has 0 fully saturated rings. The van der Waals surface area contributed by atoms with Crippen LogP contribution in [-0.2, 0) is 16.0 Å². The zero-order valence-electron chi connectivity index (χ0n) is 11.1. The lowest BCUT2D eigenvalue weighted by Gasteiger charge is -2.20. The number of benzene rings is 1. The van der Waals surface area contributed by atoms with Crippen molar-refractivity contribution in [3.05, 3.63) is 28.8 Å². The summed E-state index contributed by atoms with van der Waals surface area (Å²) in [6, 6.07) is 3.57. The van der Waals surface area contributed by atoms with Crippen LogP contribution in [0.25, 0.3) is 0 Å². The molecule has 1 aliphatic rings. The summed E-state index contributed by atoms with van der Waals surface area (Å²) in [6.45, 7) is 1.95. The van der Waals surface area contributed by atoms with E-state index in [1.165, 1.54) is 0 Å². The summed E-state index contributed by atoms with van der Waals surface area (Å²) in [6.07, 6.45) is 0.793. The molecule has 0 saturated carbocycles. The first-order valence-corrected chi connectivity index (χ1v) is 6.27. The Hall–Kier alpha value is -1.88. The van der Waals surface area contributed by atoms with E-state index in [2.05, 4.69) is 0 Å². The SMILES string of the molecule is Cc1cc2c(c(C(N)CCC(=O)O)c1)N(C)C(=O)C2. The Morgan fingerprint density at radius 2 is 2.21 bits per heavy atom. The Balaban J connectivity index is 2.36. The fourth-order valence-corrected chi connectivity index (χ4v) is 2.55. The molecule has 0 spiro atoms. The molecule has 1 aromatic rings. The molecule has 19 heavy (non-hydrogen) atoms. The maximum absolute atomic E-state index is 11.8. The number of fused-ring (bicyclic) bond motifs is 1. The zero-order valence-corrected chi connectivity index (χ0v) is 11.1. The first-order valence-electron chi connectivity index (χ1n) is 6.27. The van der Waals surface area contributed by atoms with E-state index < -0.39 is 5.97 Å². The summed E-state index contributed by atoms with van der Waals surface area (Å²) >= 11 is 0. The third kappa shape index (κ3) is 2.61. The molecule has 0 aromatic heterocycles. The molecular formula is C14H18N2O3. The Bertz CT molecular complexity index is 540. The zero-order chi connectivity index (χ0) is 14.2. The van der Waals surface area contributed by atoms with Gasteiger partial charge in [0.15, 0.2) is 0 Å². The molecule has 1 aliphatic heterocycles. The van der Waals surface area contributed by atoms with E-state index in [1.807, 2.05) is 19.1 Å². The van der Waals surface area contributed by atoms with Crippen LogP contribution in [0.15, 0.2) is 12.1 Å². The van der Waals surface area contributed by atoms with Crippen LogP contribution in [-0.4, -0.2) is 24.0 Å². The van der Waals surface area contributed by atoms with Crippen molar-refractivity contribution in [3.63, 3.8) is 0 Å². The minimum Gasteiger partial charge on any atom is -0.481 e. The van der Waals surface area contributed by atoms with Crippen LogP contribution >= 0.6 is 0 Å². The monoisotopic (exact) mass is 262 g/mol. The van der Waals surface area contributed by atoms with Crippen LogP contribution in [0.3, 0.4) is 0 Å². The number of rotatable bonds is 4. The molecule has 0 aliphatic carbocycles. The number of hydrogen-bond donors (Lipinski definition) is 2. The lowest BCUT2D eigenvalue weighted by molar-refractivity contribution is -0.137. The number of carbonyl (C=O) groups is 2. The molecule has 0 bridgehead atoms. The largest absolute Gasteiger partial charge is 0.481 e. The highest BCUT2D eigenvalue weighted by molar-refractivity contribution is 6.02. The third-order valence-corrected chi connectivity index (χ3v) is 3.48. The lowest BCUT2D eigenvalue weighted by Crippen LogP contribution is -2.23. The average molecular weight is 262 g/mol. The quantitative estimate of drug-likeness (QED) is 0.858. The smallest absolute Gasteiger partial charge is 0.303 e. The van der Waals surface area contributed by atoms with Crippen LogP contribution in [0.2, 0.25) is 0 Å². The summed E-state index contributed by atoms with van der Waals surface area (Å²) in [4.78, 5) is 24.0. The number of aryl methyl sites for hydroxylation is 1. The molecule has 1 amide bonds. The number of carbonyl (C=O) groups excluding carboxylic acids is 1. The summed E-state index contributed by atoms with van der Waals surface area (Å²) in [5, 5.41) is 8.73. The number of amides is 1. The van der Waals surface area contributed by atoms with Gasteiger partial charge in [-0.2, -0.15) is 0 Å². The third-order valence-electron chi connectivity index (χ3n) is 3.48. The van der Waals surface area contributed by atoms with Gasteiger partial charge in [0.2, 0.25) is 5.91 Å². The van der Waals surface area contributed by atoms with E-state index in [0.717, 1.165) is 22.4 Å². The first-order chi connectivity index (χ1) is 8.90. The second kappa shape index (κ2) is 5.01. The van der Waals surface area contributed by atoms with E-state index in [1.54, 1.807) is 11.9 Å². The van der Waals surface area contributed by atoms with Gasteiger partial charge in [0.25, 0.3) is 0 Å². The van der Waals surface area contributed by atoms with Crippen molar-refractivity contribution in [3.8, 4) is 0 Å². The highest BCUT2D eigenvalue weighted by Gasteiger charge is 2.28. The number of carboxylic acid groups (broad SMARTS) is 1. The molecule has 1 unspecified atom stereocenters. The van der Waals surface area contributed by atoms with Gasteiger partial charge in [-0.3, -0.25) is 9.59 Å². The van der Waals surface area contributed by atoms with Gasteiger partial charge in [0, 0.05) is 19.5 Å². The predicted molar refractivity (Wildman–Crippen MR) is 72.1 cm³/mol. The van der Waals surface area contributed by atoms with E-state index in [9.17, 15) is 9.59 Å². The van der Waals surface area contributed by atoms with Crippen molar-refractivity contribution in [2.24, 2.45) is 5.73 Å². The number of nitrogens with zero attached hydrogens (tertiary/aromatic N) is 1. The van der Waals surface area contributed by atoms with Crippen LogP contribution in [0, 0.1) is 6.92 Å². The number of carboxylic acids is 1. The van der Waals surface area contributed by atoms with Crippen LogP contribution in [0.4, 0.5) is 5.69 Å². The van der Waals surface area contributed by atoms with Crippen molar-refractivity contribution < 1.29 is 14.7 Å². The van der Waals surface area contributed by atoms with Gasteiger partial charge >= 0.3 is 5.97 Å². The first kappa shape index (κ1) is 13.5. The van der Waals surface area contributed by atoms with Crippen LogP contribution in [0.1, 0.15) is 35.6 Å². The van der Waals surface area contributed by atoms with Gasteiger partial charge in [-0.05, 0) is 24.5 Å². The minimum atomic E-state index is -0.857. The van der Waals surface area contributed by atoms with Crippen LogP contribution in [0.5, 0.6) is 0 Å². The second-order valence-corrected chi connectivity index (χ2v) is 5.03. The Kier molecular flexibility index (Phi) is 3.57. The molecule has 0 radical (unpaired) electrons. The second-order valence-electron chi connectivity index (χ2n) is 5.03. The van der Waals surface area contributed by atoms with Crippen molar-refractivity contribution >= 4 is 17.6 Å². The van der Waals surface area contributed by atoms with Gasteiger partial charge < -0.3 is 15.7 Å². The Labute approximate surface area is 112 Å². The van der Waals surface area contributed by atoms with Crippen molar-refractivity contribution in [1.82, 2.24) is 0 Å². The number of hydrogen-bond acceptors (Lipinski definition) is 3. The predicted octanol–water partition coefficient (Wildman–Crippen LogP) is 1.38. The number of anilines is 1. The fraction of sp³-hybridized carbons (Fsp3) is 0.429. The number of nitrogens with two attached hydrogens (primary N) is 1. The Morgan fingerprint density at radius 3 is 2.84 bits per heavy atom. The fourth-order valence-electron chi connectivity index (χ4n) is 2.55. The highest BCUT2D eigenvalue weighted by Crippen LogP contribution is 2.36. The molecule has 0 saturated heterocycles. The minimum absolute atomic E-state index is 0.0293. The molecule has 1 heterocycles.